The number of carbonyl (C=O) groups is 1. The quantitative estimate of drug-likeness (QED) is 0.815. The first-order valence-electron chi connectivity index (χ1n) is 5.22. The predicted molar refractivity (Wildman–Crippen MR) is 73.7 cm³/mol. The van der Waals surface area contributed by atoms with Crippen LogP contribution in [-0.2, 0) is 11.3 Å². The lowest BCUT2D eigenvalue weighted by Gasteiger charge is -2.31. The number of rotatable bonds is 2. The van der Waals surface area contributed by atoms with Gasteiger partial charge in [-0.25, -0.2) is 4.39 Å². The number of nitrogens with one attached hydrogen (secondary N) is 1. The third-order valence-electron chi connectivity index (χ3n) is 2.56. The maximum Gasteiger partial charge on any atom is 0.272 e. The number of hydrogen-bond donors (Lipinski definition) is 2. The van der Waals surface area contributed by atoms with Gasteiger partial charge in [-0.2, -0.15) is 5.10 Å². The van der Waals surface area contributed by atoms with Crippen LogP contribution in [0.5, 0.6) is 0 Å². The number of nitrogens with zero attached hydrogens (tertiary/aromatic N) is 2. The molecule has 1 heterocycles. The van der Waals surface area contributed by atoms with E-state index in [0.717, 1.165) is 4.47 Å². The minimum Gasteiger partial charge on any atom is -0.303 e. The molecule has 4 nitrogen and oxygen atoms in total. The molecule has 0 saturated carbocycles. The van der Waals surface area contributed by atoms with Crippen LogP contribution in [0.4, 0.5) is 4.39 Å². The lowest BCUT2D eigenvalue weighted by atomic mass is 10.2. The summed E-state index contributed by atoms with van der Waals surface area (Å²) < 4.78 is 13.9. The summed E-state index contributed by atoms with van der Waals surface area (Å²) in [6, 6.07) is 4.36. The second-order valence-electron chi connectivity index (χ2n) is 3.87. The molecule has 1 amide bonds. The van der Waals surface area contributed by atoms with Gasteiger partial charge in [0.1, 0.15) is 11.5 Å². The number of hydrogen-bond acceptors (Lipinski definition) is 4. The molecule has 2 rings (SSSR count). The molecule has 1 atom stereocenters. The molecule has 1 unspecified atom stereocenters. The Bertz CT molecular complexity index is 523. The Labute approximate surface area is 118 Å². The van der Waals surface area contributed by atoms with E-state index in [2.05, 4.69) is 39.1 Å². The predicted octanol–water partition coefficient (Wildman–Crippen LogP) is 2.11. The fourth-order valence-corrected chi connectivity index (χ4v) is 2.21. The van der Waals surface area contributed by atoms with Crippen molar-refractivity contribution in [1.29, 1.82) is 0 Å². The molecule has 1 aliphatic rings. The Balaban J connectivity index is 2.25. The molecule has 0 spiro atoms. The van der Waals surface area contributed by atoms with Gasteiger partial charge in [-0.05, 0) is 30.7 Å². The minimum absolute atomic E-state index is 0.218. The van der Waals surface area contributed by atoms with Crippen molar-refractivity contribution >= 4 is 40.2 Å². The average Bonchev–Trinajstić information content (AvgIpc) is 2.34. The molecule has 0 bridgehead atoms. The normalized spacial score (nSPS) is 19.6. The summed E-state index contributed by atoms with van der Waals surface area (Å²) >= 11 is 7.56. The lowest BCUT2D eigenvalue weighted by Crippen LogP contribution is -2.50. The molecule has 18 heavy (non-hydrogen) atoms. The molecule has 1 aliphatic heterocycles. The van der Waals surface area contributed by atoms with Crippen molar-refractivity contribution in [3.8, 4) is 0 Å². The summed E-state index contributed by atoms with van der Waals surface area (Å²) in [4.78, 5) is 13.4. The summed E-state index contributed by atoms with van der Waals surface area (Å²) in [5.41, 5.74) is 3.23. The van der Waals surface area contributed by atoms with Crippen LogP contribution in [0.1, 0.15) is 12.5 Å². The molecule has 0 radical (unpaired) electrons. The Hall–Kier alpha value is -1.08. The molecule has 0 saturated heterocycles. The average molecular weight is 332 g/mol. The van der Waals surface area contributed by atoms with Crippen molar-refractivity contribution < 1.29 is 9.18 Å². The summed E-state index contributed by atoms with van der Waals surface area (Å²) in [5, 5.41) is 3.84. The highest BCUT2D eigenvalue weighted by Gasteiger charge is 2.27. The number of thiol groups is 1. The molecule has 0 aromatic heterocycles. The molecule has 0 aliphatic carbocycles. The zero-order chi connectivity index (χ0) is 13.3. The van der Waals surface area contributed by atoms with Crippen LogP contribution in [0.25, 0.3) is 0 Å². The van der Waals surface area contributed by atoms with Gasteiger partial charge in [-0.3, -0.25) is 10.2 Å². The number of halogens is 2. The van der Waals surface area contributed by atoms with Gasteiger partial charge in [-0.15, -0.1) is 12.6 Å². The monoisotopic (exact) mass is 331 g/mol. The molecule has 96 valence electrons. The standard InChI is InChI=1S/C11H11BrFN3OS/c1-6-10(17)16(11(18)15-14-6)5-7-4-8(13)2-3-9(7)12/h2-4,11,15,18H,5H2,1H3. The summed E-state index contributed by atoms with van der Waals surface area (Å²) in [7, 11) is 0. The molecular weight excluding hydrogens is 321 g/mol. The maximum absolute atomic E-state index is 13.2. The van der Waals surface area contributed by atoms with E-state index < -0.39 is 5.50 Å². The van der Waals surface area contributed by atoms with Crippen LogP contribution in [0, 0.1) is 5.82 Å². The van der Waals surface area contributed by atoms with Crippen LogP contribution in [0.2, 0.25) is 0 Å². The van der Waals surface area contributed by atoms with Gasteiger partial charge in [0.15, 0.2) is 5.50 Å². The van der Waals surface area contributed by atoms with E-state index >= 15 is 0 Å². The van der Waals surface area contributed by atoms with Crippen molar-refractivity contribution in [1.82, 2.24) is 10.3 Å². The third-order valence-corrected chi connectivity index (χ3v) is 3.73. The largest absolute Gasteiger partial charge is 0.303 e. The highest BCUT2D eigenvalue weighted by molar-refractivity contribution is 9.10. The second kappa shape index (κ2) is 5.27. The van der Waals surface area contributed by atoms with E-state index in [9.17, 15) is 9.18 Å². The van der Waals surface area contributed by atoms with Crippen LogP contribution in [0.15, 0.2) is 27.8 Å². The topological polar surface area (TPSA) is 44.7 Å². The molecule has 7 heteroatoms. The van der Waals surface area contributed by atoms with Gasteiger partial charge in [-0.1, -0.05) is 15.9 Å². The fourth-order valence-electron chi connectivity index (χ4n) is 1.60. The van der Waals surface area contributed by atoms with E-state index in [4.69, 9.17) is 0 Å². The van der Waals surface area contributed by atoms with E-state index in [1.54, 1.807) is 13.0 Å². The molecule has 1 aromatic carbocycles. The lowest BCUT2D eigenvalue weighted by molar-refractivity contribution is -0.126. The zero-order valence-corrected chi connectivity index (χ0v) is 12.0. The van der Waals surface area contributed by atoms with Gasteiger partial charge in [0, 0.05) is 4.47 Å². The Kier molecular flexibility index (Phi) is 3.91. The van der Waals surface area contributed by atoms with E-state index in [-0.39, 0.29) is 18.3 Å². The van der Waals surface area contributed by atoms with Gasteiger partial charge < -0.3 is 4.90 Å². The number of hydrazone groups is 1. The molecular formula is C11H11BrFN3OS. The Morgan fingerprint density at radius 2 is 2.33 bits per heavy atom. The van der Waals surface area contributed by atoms with Gasteiger partial charge in [0.25, 0.3) is 5.91 Å². The smallest absolute Gasteiger partial charge is 0.272 e. The summed E-state index contributed by atoms with van der Waals surface area (Å²) in [6.45, 7) is 1.87. The van der Waals surface area contributed by atoms with Crippen molar-refractivity contribution in [3.63, 3.8) is 0 Å². The first kappa shape index (κ1) is 13.4. The molecule has 0 fully saturated rings. The number of benzene rings is 1. The zero-order valence-electron chi connectivity index (χ0n) is 9.52. The van der Waals surface area contributed by atoms with Crippen LogP contribution >= 0.6 is 28.6 Å². The molecule has 1 N–H and O–H groups in total. The highest BCUT2D eigenvalue weighted by atomic mass is 79.9. The highest BCUT2D eigenvalue weighted by Crippen LogP contribution is 2.21. The van der Waals surface area contributed by atoms with Crippen molar-refractivity contribution in [2.75, 3.05) is 0 Å². The summed E-state index contributed by atoms with van der Waals surface area (Å²) in [6.07, 6.45) is 0. The number of amides is 1. The third kappa shape index (κ3) is 2.67. The SMILES string of the molecule is CC1=NNC(S)N(Cc2cc(F)ccc2Br)C1=O. The maximum atomic E-state index is 13.2. The van der Waals surface area contributed by atoms with Crippen LogP contribution in [-0.4, -0.2) is 22.0 Å². The Morgan fingerprint density at radius 3 is 3.06 bits per heavy atom. The van der Waals surface area contributed by atoms with Crippen molar-refractivity contribution in [2.24, 2.45) is 5.10 Å². The minimum atomic E-state index is -0.517. The molecule has 1 aromatic rings. The van der Waals surface area contributed by atoms with Crippen molar-refractivity contribution in [2.45, 2.75) is 19.0 Å². The van der Waals surface area contributed by atoms with Crippen LogP contribution in [0.3, 0.4) is 0 Å². The van der Waals surface area contributed by atoms with E-state index in [0.29, 0.717) is 11.3 Å². The van der Waals surface area contributed by atoms with E-state index in [1.165, 1.54) is 17.0 Å². The van der Waals surface area contributed by atoms with Crippen LogP contribution < -0.4 is 5.43 Å². The van der Waals surface area contributed by atoms with Gasteiger partial charge >= 0.3 is 0 Å². The van der Waals surface area contributed by atoms with Gasteiger partial charge in [0.2, 0.25) is 0 Å². The van der Waals surface area contributed by atoms with E-state index in [1.807, 2.05) is 0 Å². The Morgan fingerprint density at radius 1 is 1.61 bits per heavy atom. The summed E-state index contributed by atoms with van der Waals surface area (Å²) in [5.74, 6) is -0.559. The first-order chi connectivity index (χ1) is 8.49. The van der Waals surface area contributed by atoms with Gasteiger partial charge in [0.05, 0.1) is 6.54 Å². The number of carbonyl (C=O) groups excluding carboxylic acids is 1. The second-order valence-corrected chi connectivity index (χ2v) is 5.21. The van der Waals surface area contributed by atoms with Crippen molar-refractivity contribution in [3.05, 3.63) is 34.1 Å². The fraction of sp³-hybridized carbons (Fsp3) is 0.273. The first-order valence-corrected chi connectivity index (χ1v) is 6.53.